The minimum Gasteiger partial charge on any atom is -0.507 e. The second kappa shape index (κ2) is 8.75. The summed E-state index contributed by atoms with van der Waals surface area (Å²) in [5, 5.41) is 17.5. The molecule has 0 saturated heterocycles. The van der Waals surface area contributed by atoms with Crippen LogP contribution in [-0.4, -0.2) is 39.6 Å². The molecule has 0 amide bonds. The fourth-order valence-corrected chi connectivity index (χ4v) is 1.91. The van der Waals surface area contributed by atoms with E-state index >= 15 is 0 Å². The number of ether oxygens (including phenoxy) is 1. The van der Waals surface area contributed by atoms with E-state index in [2.05, 4.69) is 18.0 Å². The number of phenolic OH excluding ortho intramolecular Hbond substituents is 1. The zero-order valence-electron chi connectivity index (χ0n) is 13.9. The van der Waals surface area contributed by atoms with Gasteiger partial charge < -0.3 is 25.6 Å². The molecule has 0 fully saturated rings. The maximum Gasteiger partial charge on any atom is 0.259 e. The Hall–Kier alpha value is -1.60. The molecular weight excluding hydrogens is 320 g/mol. The lowest BCUT2D eigenvalue weighted by Crippen LogP contribution is -2.22. The average Bonchev–Trinajstić information content (AvgIpc) is 2.42. The molecule has 0 radical (unpaired) electrons. The third-order valence-electron chi connectivity index (χ3n) is 3.45. The lowest BCUT2D eigenvalue weighted by Gasteiger charge is -2.19. The number of phenols is 1. The summed E-state index contributed by atoms with van der Waals surface area (Å²) in [6.45, 7) is 8.28. The number of benzene rings is 1. The number of aliphatic hydroxyl groups excluding tert-OH is 1. The van der Waals surface area contributed by atoms with Crippen molar-refractivity contribution in [1.82, 2.24) is 4.90 Å². The summed E-state index contributed by atoms with van der Waals surface area (Å²) < 4.78 is 5.58. The van der Waals surface area contributed by atoms with Gasteiger partial charge in [0.1, 0.15) is 12.4 Å². The van der Waals surface area contributed by atoms with E-state index < -0.39 is 5.17 Å². The monoisotopic (exact) mass is 344 g/mol. The maximum absolute atomic E-state index is 9.98. The Labute approximate surface area is 142 Å². The summed E-state index contributed by atoms with van der Waals surface area (Å²) in [6, 6.07) is 0. The first-order valence-corrected chi connectivity index (χ1v) is 7.43. The van der Waals surface area contributed by atoms with Gasteiger partial charge in [-0.15, -0.1) is 0 Å². The minimum absolute atomic E-state index is 0.379. The largest absolute Gasteiger partial charge is 0.507 e. The number of aliphatic hydroxyl groups is 1. The number of rotatable bonds is 2. The molecule has 0 atom stereocenters. The third-order valence-corrected chi connectivity index (χ3v) is 3.93. The Morgan fingerprint density at radius 1 is 1.05 bits per heavy atom. The van der Waals surface area contributed by atoms with Crippen molar-refractivity contribution in [2.45, 2.75) is 34.3 Å². The molecule has 4 N–H and O–H groups in total. The summed E-state index contributed by atoms with van der Waals surface area (Å²) in [5.41, 5.74) is 9.45. The zero-order valence-corrected chi connectivity index (χ0v) is 15.5. The van der Waals surface area contributed by atoms with E-state index in [4.69, 9.17) is 22.1 Å². The first-order chi connectivity index (χ1) is 10.0. The fourth-order valence-electron chi connectivity index (χ4n) is 1.85. The maximum atomic E-state index is 9.98. The van der Waals surface area contributed by atoms with Gasteiger partial charge in [0, 0.05) is 14.1 Å². The van der Waals surface area contributed by atoms with Crippen molar-refractivity contribution in [1.29, 1.82) is 0 Å². The van der Waals surface area contributed by atoms with Crippen molar-refractivity contribution >= 4 is 34.8 Å². The third kappa shape index (κ3) is 5.65. The number of thiocarbonyl (C=S) groups is 2. The zero-order chi connectivity index (χ0) is 17.6. The normalized spacial score (nSPS) is 9.55. The van der Waals surface area contributed by atoms with Gasteiger partial charge in [-0.05, 0) is 79.9 Å². The van der Waals surface area contributed by atoms with E-state index in [1.165, 1.54) is 0 Å². The Bertz CT molecular complexity index is 539. The van der Waals surface area contributed by atoms with Crippen LogP contribution >= 0.6 is 24.4 Å². The molecule has 0 bridgehead atoms. The smallest absolute Gasteiger partial charge is 0.259 e. The van der Waals surface area contributed by atoms with E-state index in [1.807, 2.05) is 41.8 Å². The molecule has 0 unspecified atom stereocenters. The predicted molar refractivity (Wildman–Crippen MR) is 97.5 cm³/mol. The molecule has 0 aliphatic carbocycles. The summed E-state index contributed by atoms with van der Waals surface area (Å²) in [6.07, 6.45) is 0. The van der Waals surface area contributed by atoms with Crippen LogP contribution in [0.5, 0.6) is 5.75 Å². The van der Waals surface area contributed by atoms with Crippen LogP contribution < -0.4 is 5.73 Å². The van der Waals surface area contributed by atoms with Gasteiger partial charge in [-0.2, -0.15) is 0 Å². The van der Waals surface area contributed by atoms with Crippen molar-refractivity contribution in [2.75, 3.05) is 14.1 Å². The lowest BCUT2D eigenvalue weighted by molar-refractivity contribution is 0.256. The first kappa shape index (κ1) is 20.4. The SMILES string of the molecule is Cc1c(C)c(COC(=S)N(C)C)c(C)c(C)c1O.NC(O)=S. The molecule has 0 saturated carbocycles. The summed E-state index contributed by atoms with van der Waals surface area (Å²) in [5.74, 6) is 0.379. The number of hydrogen-bond acceptors (Lipinski definition) is 4. The number of aromatic hydroxyl groups is 1. The van der Waals surface area contributed by atoms with Crippen LogP contribution in [0.3, 0.4) is 0 Å². The quantitative estimate of drug-likeness (QED) is 0.712. The van der Waals surface area contributed by atoms with E-state index in [1.54, 1.807) is 4.90 Å². The highest BCUT2D eigenvalue weighted by Gasteiger charge is 2.15. The van der Waals surface area contributed by atoms with E-state index in [-0.39, 0.29) is 0 Å². The molecule has 7 heteroatoms. The van der Waals surface area contributed by atoms with Crippen molar-refractivity contribution in [3.05, 3.63) is 27.8 Å². The van der Waals surface area contributed by atoms with Crippen molar-refractivity contribution in [3.63, 3.8) is 0 Å². The Kier molecular flexibility index (Phi) is 8.11. The molecule has 124 valence electrons. The number of hydrogen-bond donors (Lipinski definition) is 3. The van der Waals surface area contributed by atoms with Crippen molar-refractivity contribution in [2.24, 2.45) is 5.73 Å². The van der Waals surface area contributed by atoms with E-state index in [9.17, 15) is 5.11 Å². The van der Waals surface area contributed by atoms with Crippen LogP contribution in [0.15, 0.2) is 0 Å². The minimum atomic E-state index is -0.500. The number of nitrogens with two attached hydrogens (primary N) is 1. The highest BCUT2D eigenvalue weighted by molar-refractivity contribution is 7.80. The molecule has 22 heavy (non-hydrogen) atoms. The number of nitrogens with zero attached hydrogens (tertiary/aromatic N) is 1. The van der Waals surface area contributed by atoms with Gasteiger partial charge in [-0.1, -0.05) is 0 Å². The molecule has 1 rings (SSSR count). The van der Waals surface area contributed by atoms with Crippen molar-refractivity contribution < 1.29 is 14.9 Å². The Morgan fingerprint density at radius 3 is 1.73 bits per heavy atom. The topological polar surface area (TPSA) is 79.0 Å². The van der Waals surface area contributed by atoms with Crippen LogP contribution in [0.2, 0.25) is 0 Å². The molecule has 0 heterocycles. The van der Waals surface area contributed by atoms with Crippen LogP contribution in [0, 0.1) is 27.7 Å². The summed E-state index contributed by atoms with van der Waals surface area (Å²) in [7, 11) is 3.71. The van der Waals surface area contributed by atoms with Gasteiger partial charge in [0.25, 0.3) is 10.3 Å². The van der Waals surface area contributed by atoms with Gasteiger partial charge in [0.05, 0.1) is 0 Å². The standard InChI is InChI=1S/C14H21NO2S.CH3NOS/c1-8-10(3)13(16)11(4)9(2)12(8)7-17-14(18)15(5)6;2-1(3)4/h16H,7H2,1-6H3;(H3,2,3,4). The average molecular weight is 345 g/mol. The van der Waals surface area contributed by atoms with Gasteiger partial charge in [0.15, 0.2) is 0 Å². The van der Waals surface area contributed by atoms with E-state index in [0.717, 1.165) is 27.8 Å². The second-order valence-corrected chi connectivity index (χ2v) is 5.88. The predicted octanol–water partition coefficient (Wildman–Crippen LogP) is 2.78. The Morgan fingerprint density at radius 2 is 1.41 bits per heavy atom. The highest BCUT2D eigenvalue weighted by atomic mass is 32.1. The lowest BCUT2D eigenvalue weighted by atomic mass is 9.93. The highest BCUT2D eigenvalue weighted by Crippen LogP contribution is 2.31. The molecule has 0 aliphatic heterocycles. The molecule has 1 aromatic carbocycles. The molecular formula is C15H24N2O3S2. The van der Waals surface area contributed by atoms with Gasteiger partial charge in [-0.25, -0.2) is 0 Å². The fraction of sp³-hybridized carbons (Fsp3) is 0.467. The first-order valence-electron chi connectivity index (χ1n) is 6.61. The van der Waals surface area contributed by atoms with Crippen LogP contribution in [0.1, 0.15) is 27.8 Å². The van der Waals surface area contributed by atoms with Crippen LogP contribution in [0.4, 0.5) is 0 Å². The molecule has 1 aromatic rings. The molecule has 0 aliphatic rings. The van der Waals surface area contributed by atoms with Gasteiger partial charge in [0.2, 0.25) is 0 Å². The second-order valence-electron chi connectivity index (χ2n) is 5.11. The molecule has 0 aromatic heterocycles. The summed E-state index contributed by atoms with van der Waals surface area (Å²) >= 11 is 8.98. The van der Waals surface area contributed by atoms with E-state index in [0.29, 0.717) is 17.5 Å². The van der Waals surface area contributed by atoms with Crippen molar-refractivity contribution in [3.8, 4) is 5.75 Å². The summed E-state index contributed by atoms with van der Waals surface area (Å²) in [4.78, 5) is 1.76. The van der Waals surface area contributed by atoms with Gasteiger partial charge >= 0.3 is 0 Å². The molecule has 5 nitrogen and oxygen atoms in total. The molecule has 0 spiro atoms. The van der Waals surface area contributed by atoms with Crippen LogP contribution in [-0.2, 0) is 11.3 Å². The Balaban J connectivity index is 0.000000980. The van der Waals surface area contributed by atoms with Gasteiger partial charge in [-0.3, -0.25) is 0 Å². The van der Waals surface area contributed by atoms with Crippen LogP contribution in [0.25, 0.3) is 0 Å².